The van der Waals surface area contributed by atoms with Crippen molar-refractivity contribution in [3.63, 3.8) is 0 Å². The van der Waals surface area contributed by atoms with E-state index < -0.39 is 17.4 Å². The molecule has 0 aromatic heterocycles. The second-order valence-electron chi connectivity index (χ2n) is 6.63. The summed E-state index contributed by atoms with van der Waals surface area (Å²) in [6.07, 6.45) is 1.79. The number of carboxylic acids is 1. The van der Waals surface area contributed by atoms with E-state index in [9.17, 15) is 14.4 Å². The van der Waals surface area contributed by atoms with Crippen LogP contribution in [0.2, 0.25) is 0 Å². The molecular weight excluding hydrogens is 374 g/mol. The maximum absolute atomic E-state index is 13.0. The highest BCUT2D eigenvalue weighted by Crippen LogP contribution is 2.47. The third kappa shape index (κ3) is 2.94. The molecule has 2 aliphatic heterocycles. The zero-order valence-corrected chi connectivity index (χ0v) is 15.5. The number of hydrogen-bond donors (Lipinski definition) is 2. The van der Waals surface area contributed by atoms with E-state index in [4.69, 9.17) is 9.84 Å². The molecule has 2 aromatic rings. The molecule has 4 rings (SSSR count). The molecular formula is C21H17N3O5. The van der Waals surface area contributed by atoms with E-state index in [0.29, 0.717) is 22.7 Å². The number of rotatable bonds is 4. The van der Waals surface area contributed by atoms with Crippen LogP contribution in [0.4, 0.5) is 5.69 Å². The molecule has 8 heteroatoms. The Balaban J connectivity index is 1.81. The van der Waals surface area contributed by atoms with Gasteiger partial charge in [0.15, 0.2) is 5.54 Å². The van der Waals surface area contributed by atoms with Gasteiger partial charge in [-0.25, -0.2) is 9.80 Å². The SMILES string of the molecule is COc1ccc(C2=NN(C(=O)/C=C/C(=O)O)[C@]3(C2)C(=O)Nc2ccccc23)cc1. The van der Waals surface area contributed by atoms with Gasteiger partial charge < -0.3 is 15.2 Å². The summed E-state index contributed by atoms with van der Waals surface area (Å²) in [6.45, 7) is 0. The Hall–Kier alpha value is -3.94. The predicted molar refractivity (Wildman–Crippen MR) is 105 cm³/mol. The molecule has 146 valence electrons. The summed E-state index contributed by atoms with van der Waals surface area (Å²) in [6, 6.07) is 14.2. The van der Waals surface area contributed by atoms with E-state index in [0.717, 1.165) is 22.7 Å². The van der Waals surface area contributed by atoms with Gasteiger partial charge in [-0.15, -0.1) is 0 Å². The summed E-state index contributed by atoms with van der Waals surface area (Å²) in [7, 11) is 1.56. The number of carbonyl (C=O) groups excluding carboxylic acids is 2. The molecule has 2 amide bonds. The summed E-state index contributed by atoms with van der Waals surface area (Å²) in [5.74, 6) is -1.67. The molecule has 0 bridgehead atoms. The van der Waals surface area contributed by atoms with Gasteiger partial charge in [0.1, 0.15) is 5.75 Å². The summed E-state index contributed by atoms with van der Waals surface area (Å²) in [5.41, 5.74) is 1.13. The van der Waals surface area contributed by atoms with Gasteiger partial charge in [0, 0.05) is 29.8 Å². The van der Waals surface area contributed by atoms with Crippen molar-refractivity contribution in [2.75, 3.05) is 12.4 Å². The number of fused-ring (bicyclic) bond motifs is 2. The number of nitrogens with zero attached hydrogens (tertiary/aromatic N) is 2. The Labute approximate surface area is 166 Å². The lowest BCUT2D eigenvalue weighted by Gasteiger charge is -2.29. The third-order valence-electron chi connectivity index (χ3n) is 5.00. The van der Waals surface area contributed by atoms with Crippen LogP contribution in [-0.2, 0) is 19.9 Å². The fourth-order valence-electron chi connectivity index (χ4n) is 3.64. The zero-order valence-electron chi connectivity index (χ0n) is 15.5. The minimum Gasteiger partial charge on any atom is -0.497 e. The van der Waals surface area contributed by atoms with Gasteiger partial charge in [-0.1, -0.05) is 18.2 Å². The molecule has 2 aromatic carbocycles. The Morgan fingerprint density at radius 2 is 1.90 bits per heavy atom. The number of amides is 2. The fourth-order valence-corrected chi connectivity index (χ4v) is 3.64. The first-order valence-corrected chi connectivity index (χ1v) is 8.84. The van der Waals surface area contributed by atoms with Crippen LogP contribution in [0.15, 0.2) is 65.8 Å². The molecule has 0 unspecified atom stereocenters. The number of hydrazone groups is 1. The molecule has 29 heavy (non-hydrogen) atoms. The van der Waals surface area contributed by atoms with Gasteiger partial charge in [0.25, 0.3) is 11.8 Å². The lowest BCUT2D eigenvalue weighted by atomic mass is 9.85. The Kier molecular flexibility index (Phi) is 4.38. The average Bonchev–Trinajstić information content (AvgIpc) is 3.26. The monoisotopic (exact) mass is 391 g/mol. The average molecular weight is 391 g/mol. The van der Waals surface area contributed by atoms with Gasteiger partial charge in [-0.05, 0) is 35.9 Å². The highest BCUT2D eigenvalue weighted by atomic mass is 16.5. The zero-order chi connectivity index (χ0) is 20.6. The molecule has 0 aliphatic carbocycles. The van der Waals surface area contributed by atoms with E-state index >= 15 is 0 Å². The summed E-state index contributed by atoms with van der Waals surface area (Å²) >= 11 is 0. The van der Waals surface area contributed by atoms with Crippen LogP contribution in [-0.4, -0.2) is 40.7 Å². The molecule has 0 radical (unpaired) electrons. The van der Waals surface area contributed by atoms with Gasteiger partial charge >= 0.3 is 5.97 Å². The Morgan fingerprint density at radius 1 is 1.17 bits per heavy atom. The molecule has 2 N–H and O–H groups in total. The van der Waals surface area contributed by atoms with Crippen molar-refractivity contribution in [3.05, 3.63) is 71.8 Å². The fraction of sp³-hybridized carbons (Fsp3) is 0.143. The first kappa shape index (κ1) is 18.4. The van der Waals surface area contributed by atoms with E-state index in [1.54, 1.807) is 55.6 Å². The molecule has 8 nitrogen and oxygen atoms in total. The van der Waals surface area contributed by atoms with Gasteiger partial charge in [0.05, 0.1) is 12.8 Å². The topological polar surface area (TPSA) is 108 Å². The van der Waals surface area contributed by atoms with E-state index in [-0.39, 0.29) is 12.3 Å². The van der Waals surface area contributed by atoms with Gasteiger partial charge in [-0.3, -0.25) is 9.59 Å². The first-order valence-electron chi connectivity index (χ1n) is 8.84. The maximum Gasteiger partial charge on any atom is 0.328 e. The Bertz CT molecular complexity index is 1070. The van der Waals surface area contributed by atoms with Gasteiger partial charge in [-0.2, -0.15) is 5.10 Å². The highest BCUT2D eigenvalue weighted by molar-refractivity contribution is 6.15. The van der Waals surface area contributed by atoms with Crippen molar-refractivity contribution in [1.82, 2.24) is 5.01 Å². The van der Waals surface area contributed by atoms with Crippen LogP contribution in [0.1, 0.15) is 17.5 Å². The van der Waals surface area contributed by atoms with Crippen LogP contribution < -0.4 is 10.1 Å². The van der Waals surface area contributed by atoms with Crippen LogP contribution in [0, 0.1) is 0 Å². The van der Waals surface area contributed by atoms with E-state index in [1.165, 1.54) is 0 Å². The quantitative estimate of drug-likeness (QED) is 0.776. The number of carbonyl (C=O) groups is 3. The number of nitrogens with one attached hydrogen (secondary N) is 1. The normalized spacial score (nSPS) is 20.0. The van der Waals surface area contributed by atoms with Crippen LogP contribution in [0.25, 0.3) is 0 Å². The number of aliphatic carboxylic acids is 1. The standard InChI is InChI=1S/C21H17N3O5/c1-29-14-8-6-13(7-9-14)17-12-21(24(23-17)18(25)10-11-19(26)27)15-4-2-3-5-16(15)22-20(21)28/h2-11H,12H2,1H3,(H,22,28)(H,26,27)/b11-10+/t21-/m0/s1. The number of ether oxygens (including phenoxy) is 1. The minimum atomic E-state index is -1.37. The van der Waals surface area contributed by atoms with E-state index in [2.05, 4.69) is 10.4 Å². The number of para-hydroxylation sites is 1. The highest BCUT2D eigenvalue weighted by Gasteiger charge is 2.57. The molecule has 1 atom stereocenters. The van der Waals surface area contributed by atoms with Crippen molar-refractivity contribution in [1.29, 1.82) is 0 Å². The van der Waals surface area contributed by atoms with Crippen molar-refractivity contribution in [2.24, 2.45) is 5.10 Å². The second kappa shape index (κ2) is 6.90. The van der Waals surface area contributed by atoms with E-state index in [1.807, 2.05) is 0 Å². The number of methoxy groups -OCH3 is 1. The molecule has 0 fully saturated rings. The molecule has 0 saturated carbocycles. The van der Waals surface area contributed by atoms with Crippen LogP contribution >= 0.6 is 0 Å². The number of hydrogen-bond acceptors (Lipinski definition) is 5. The van der Waals surface area contributed by atoms with Gasteiger partial charge in [0.2, 0.25) is 0 Å². The summed E-state index contributed by atoms with van der Waals surface area (Å²) < 4.78 is 5.17. The number of benzene rings is 2. The number of anilines is 1. The first-order chi connectivity index (χ1) is 14.0. The molecule has 1 spiro atoms. The lowest BCUT2D eigenvalue weighted by molar-refractivity contribution is -0.140. The third-order valence-corrected chi connectivity index (χ3v) is 5.00. The largest absolute Gasteiger partial charge is 0.497 e. The summed E-state index contributed by atoms with van der Waals surface area (Å²) in [4.78, 5) is 36.7. The smallest absolute Gasteiger partial charge is 0.328 e. The van der Waals surface area contributed by atoms with Crippen molar-refractivity contribution in [3.8, 4) is 5.75 Å². The summed E-state index contributed by atoms with van der Waals surface area (Å²) in [5, 5.41) is 17.2. The Morgan fingerprint density at radius 3 is 2.59 bits per heavy atom. The van der Waals surface area contributed by atoms with Crippen LogP contribution in [0.5, 0.6) is 5.75 Å². The predicted octanol–water partition coefficient (Wildman–Crippen LogP) is 2.12. The number of carboxylic acid groups (broad SMARTS) is 1. The molecule has 2 heterocycles. The van der Waals surface area contributed by atoms with Crippen molar-refractivity contribution >= 4 is 29.2 Å². The maximum atomic E-state index is 13.0. The van der Waals surface area contributed by atoms with Crippen LogP contribution in [0.3, 0.4) is 0 Å². The van der Waals surface area contributed by atoms with Crippen molar-refractivity contribution < 1.29 is 24.2 Å². The minimum absolute atomic E-state index is 0.162. The lowest BCUT2D eigenvalue weighted by Crippen LogP contribution is -2.48. The molecule has 0 saturated heterocycles. The second-order valence-corrected chi connectivity index (χ2v) is 6.63. The van der Waals surface area contributed by atoms with Crippen molar-refractivity contribution in [2.45, 2.75) is 12.0 Å². The molecule has 2 aliphatic rings.